The second-order valence-corrected chi connectivity index (χ2v) is 3.52. The van der Waals surface area contributed by atoms with E-state index in [0.29, 0.717) is 0 Å². The average Bonchev–Trinajstić information content (AvgIpc) is 1.81. The maximum Gasteiger partial charge on any atom is 0.488 e. The lowest BCUT2D eigenvalue weighted by molar-refractivity contribution is -0.0967. The molecule has 0 aromatic heterocycles. The predicted molar refractivity (Wildman–Crippen MR) is 44.2 cm³/mol. The Labute approximate surface area is 69.0 Å². The molecule has 65 valence electrons. The van der Waals surface area contributed by atoms with Crippen LogP contribution >= 0.6 is 0 Å². The minimum Gasteiger partial charge on any atom is -0.416 e. The van der Waals surface area contributed by atoms with E-state index in [0.717, 1.165) is 0 Å². The summed E-state index contributed by atoms with van der Waals surface area (Å²) >= 11 is 0. The Morgan fingerprint density at radius 2 is 1.64 bits per heavy atom. The minimum atomic E-state index is -0.887. The molecule has 1 radical (unpaired) electrons. The maximum absolute atomic E-state index is 9.57. The molecule has 11 heavy (non-hydrogen) atoms. The van der Waals surface area contributed by atoms with Crippen molar-refractivity contribution in [3.05, 3.63) is 0 Å². The van der Waals surface area contributed by atoms with Crippen LogP contribution in [-0.2, 0) is 9.31 Å². The lowest BCUT2D eigenvalue weighted by Gasteiger charge is -2.36. The third-order valence-corrected chi connectivity index (χ3v) is 1.91. The van der Waals surface area contributed by atoms with E-state index in [1.807, 2.05) is 0 Å². The summed E-state index contributed by atoms with van der Waals surface area (Å²) in [5, 5.41) is 9.57. The Balaban J connectivity index is 4.00. The zero-order valence-electron chi connectivity index (χ0n) is 7.84. The van der Waals surface area contributed by atoms with E-state index in [1.165, 1.54) is 14.8 Å². The third-order valence-electron chi connectivity index (χ3n) is 1.91. The van der Waals surface area contributed by atoms with Gasteiger partial charge < -0.3 is 14.4 Å². The molecule has 4 heteroatoms. The topological polar surface area (TPSA) is 38.7 Å². The molecule has 0 fully saturated rings. The summed E-state index contributed by atoms with van der Waals surface area (Å²) in [7, 11) is 2.72. The van der Waals surface area contributed by atoms with Crippen molar-refractivity contribution in [2.45, 2.75) is 38.9 Å². The fraction of sp³-hybridized carbons (Fsp3) is 1.00. The van der Waals surface area contributed by atoms with Crippen LogP contribution in [0.1, 0.15) is 27.7 Å². The lowest BCUT2D eigenvalue weighted by Crippen LogP contribution is -2.48. The van der Waals surface area contributed by atoms with E-state index < -0.39 is 11.2 Å². The highest BCUT2D eigenvalue weighted by Gasteiger charge is 2.35. The summed E-state index contributed by atoms with van der Waals surface area (Å²) < 4.78 is 9.76. The first-order valence-corrected chi connectivity index (χ1v) is 3.56. The highest BCUT2D eigenvalue weighted by atomic mass is 16.6. The summed E-state index contributed by atoms with van der Waals surface area (Å²) in [5.74, 6) is 0. The van der Waals surface area contributed by atoms with Gasteiger partial charge in [0.1, 0.15) is 0 Å². The van der Waals surface area contributed by atoms with Crippen molar-refractivity contribution in [3.8, 4) is 0 Å². The van der Waals surface area contributed by atoms with Gasteiger partial charge in [-0.3, -0.25) is 0 Å². The number of hydrogen-bond acceptors (Lipinski definition) is 3. The molecule has 0 saturated carbocycles. The Morgan fingerprint density at radius 1 is 1.18 bits per heavy atom. The van der Waals surface area contributed by atoms with Crippen molar-refractivity contribution in [1.82, 2.24) is 0 Å². The first-order chi connectivity index (χ1) is 4.81. The van der Waals surface area contributed by atoms with Gasteiger partial charge in [-0.25, -0.2) is 0 Å². The number of hydrogen-bond donors (Lipinski definition) is 1. The molecule has 0 aromatic rings. The number of rotatable bonds is 4. The fourth-order valence-corrected chi connectivity index (χ4v) is 0.313. The molecule has 0 aliphatic carbocycles. The second-order valence-electron chi connectivity index (χ2n) is 3.52. The summed E-state index contributed by atoms with van der Waals surface area (Å²) in [6.07, 6.45) is 0. The molecule has 0 bridgehead atoms. The van der Waals surface area contributed by atoms with Crippen molar-refractivity contribution >= 4 is 7.69 Å². The summed E-state index contributed by atoms with van der Waals surface area (Å²) in [6, 6.07) is 0. The van der Waals surface area contributed by atoms with Crippen molar-refractivity contribution < 1.29 is 14.4 Å². The minimum absolute atomic E-state index is 0.636. The highest BCUT2D eigenvalue weighted by molar-refractivity contribution is 6.18. The van der Waals surface area contributed by atoms with Gasteiger partial charge in [-0.05, 0) is 27.7 Å². The Kier molecular flexibility index (Phi) is 3.54. The lowest BCUT2D eigenvalue weighted by atomic mass is 9.89. The van der Waals surface area contributed by atoms with E-state index in [2.05, 4.69) is 4.65 Å². The van der Waals surface area contributed by atoms with Gasteiger partial charge >= 0.3 is 7.69 Å². The standard InChI is InChI=1S/C7H16BO3/c1-6(2,9)7(3,4)11-8-10-5/h9H,1-5H3. The molecule has 0 aromatic carbocycles. The normalized spacial score (nSPS) is 13.3. The zero-order chi connectivity index (χ0) is 9.12. The molecule has 0 rings (SSSR count). The van der Waals surface area contributed by atoms with Crippen LogP contribution in [0.5, 0.6) is 0 Å². The number of aliphatic hydroxyl groups is 1. The summed E-state index contributed by atoms with van der Waals surface area (Å²) in [4.78, 5) is 0. The molecular formula is C7H16BO3. The zero-order valence-corrected chi connectivity index (χ0v) is 7.84. The highest BCUT2D eigenvalue weighted by Crippen LogP contribution is 2.23. The summed E-state index contributed by atoms with van der Waals surface area (Å²) in [5.41, 5.74) is -1.52. The van der Waals surface area contributed by atoms with Crippen molar-refractivity contribution in [2.75, 3.05) is 7.11 Å². The van der Waals surface area contributed by atoms with Gasteiger partial charge in [-0.2, -0.15) is 0 Å². The van der Waals surface area contributed by atoms with Crippen LogP contribution in [-0.4, -0.2) is 31.1 Å². The SMILES string of the molecule is CO[B]OC(C)(C)C(C)(C)O. The molecular weight excluding hydrogens is 143 g/mol. The molecule has 0 atom stereocenters. The van der Waals surface area contributed by atoms with Gasteiger partial charge in [0, 0.05) is 7.11 Å². The van der Waals surface area contributed by atoms with E-state index in [-0.39, 0.29) is 0 Å². The van der Waals surface area contributed by atoms with Crippen LogP contribution in [0.25, 0.3) is 0 Å². The summed E-state index contributed by atoms with van der Waals surface area (Å²) in [6.45, 7) is 6.97. The molecule has 0 aliphatic rings. The van der Waals surface area contributed by atoms with E-state index >= 15 is 0 Å². The molecule has 0 amide bonds. The smallest absolute Gasteiger partial charge is 0.416 e. The van der Waals surface area contributed by atoms with Crippen LogP contribution in [0, 0.1) is 0 Å². The van der Waals surface area contributed by atoms with Crippen LogP contribution in [0.3, 0.4) is 0 Å². The molecule has 0 unspecified atom stereocenters. The van der Waals surface area contributed by atoms with Crippen molar-refractivity contribution in [3.63, 3.8) is 0 Å². The van der Waals surface area contributed by atoms with Crippen LogP contribution in [0.4, 0.5) is 0 Å². The van der Waals surface area contributed by atoms with Crippen molar-refractivity contribution in [1.29, 1.82) is 0 Å². The molecule has 0 heterocycles. The largest absolute Gasteiger partial charge is 0.488 e. The third kappa shape index (κ3) is 3.23. The molecule has 0 saturated heterocycles. The Hall–Kier alpha value is -0.0551. The van der Waals surface area contributed by atoms with Crippen LogP contribution in [0.2, 0.25) is 0 Å². The second kappa shape index (κ2) is 3.56. The van der Waals surface area contributed by atoms with E-state index in [1.54, 1.807) is 27.7 Å². The van der Waals surface area contributed by atoms with Gasteiger partial charge in [0.25, 0.3) is 0 Å². The quantitative estimate of drug-likeness (QED) is 0.614. The molecule has 0 aliphatic heterocycles. The van der Waals surface area contributed by atoms with Gasteiger partial charge in [-0.15, -0.1) is 0 Å². The van der Waals surface area contributed by atoms with Gasteiger partial charge in [0.15, 0.2) is 0 Å². The average molecular weight is 159 g/mol. The maximum atomic E-state index is 9.57. The van der Waals surface area contributed by atoms with Gasteiger partial charge in [-0.1, -0.05) is 0 Å². The Morgan fingerprint density at radius 3 is 1.91 bits per heavy atom. The van der Waals surface area contributed by atoms with E-state index in [4.69, 9.17) is 4.65 Å². The van der Waals surface area contributed by atoms with Crippen LogP contribution < -0.4 is 0 Å². The van der Waals surface area contributed by atoms with Gasteiger partial charge in [0.05, 0.1) is 11.2 Å². The Bertz CT molecular complexity index is 117. The fourth-order valence-electron chi connectivity index (χ4n) is 0.313. The van der Waals surface area contributed by atoms with E-state index in [9.17, 15) is 5.11 Å². The first kappa shape index (κ1) is 10.9. The molecule has 3 nitrogen and oxygen atoms in total. The molecule has 0 spiro atoms. The van der Waals surface area contributed by atoms with Gasteiger partial charge in [0.2, 0.25) is 0 Å². The molecule has 1 N–H and O–H groups in total. The van der Waals surface area contributed by atoms with Crippen LogP contribution in [0.15, 0.2) is 0 Å². The van der Waals surface area contributed by atoms with Crippen molar-refractivity contribution in [2.24, 2.45) is 0 Å². The first-order valence-electron chi connectivity index (χ1n) is 3.56. The predicted octanol–water partition coefficient (Wildman–Crippen LogP) is 0.733. The monoisotopic (exact) mass is 159 g/mol.